The van der Waals surface area contributed by atoms with Crippen molar-refractivity contribution in [3.8, 4) is 11.5 Å². The van der Waals surface area contributed by atoms with E-state index in [-0.39, 0.29) is 0 Å². The van der Waals surface area contributed by atoms with Crippen molar-refractivity contribution in [3.63, 3.8) is 0 Å². The lowest BCUT2D eigenvalue weighted by Crippen LogP contribution is -2.17. The molecule has 150 valence electrons. The second kappa shape index (κ2) is 10.4. The average molecular weight is 390 g/mol. The van der Waals surface area contributed by atoms with E-state index in [2.05, 4.69) is 52.5 Å². The number of furan rings is 1. The summed E-state index contributed by atoms with van der Waals surface area (Å²) < 4.78 is 11.2. The van der Waals surface area contributed by atoms with Crippen molar-refractivity contribution in [3.05, 3.63) is 85.3 Å². The predicted octanol–water partition coefficient (Wildman–Crippen LogP) is 4.80. The fourth-order valence-electron chi connectivity index (χ4n) is 2.87. The normalized spacial score (nSPS) is 10.8. The lowest BCUT2D eigenvalue weighted by Gasteiger charge is -2.15. The molecule has 0 amide bonds. The highest BCUT2D eigenvalue weighted by atomic mass is 16.5. The molecule has 0 spiro atoms. The van der Waals surface area contributed by atoms with Crippen LogP contribution in [0, 0.1) is 0 Å². The van der Waals surface area contributed by atoms with Crippen molar-refractivity contribution in [2.75, 3.05) is 25.5 Å². The van der Waals surface area contributed by atoms with Gasteiger partial charge in [0.15, 0.2) is 5.76 Å². The fourth-order valence-corrected chi connectivity index (χ4v) is 2.87. The summed E-state index contributed by atoms with van der Waals surface area (Å²) in [4.78, 5) is 11.1. The number of hydrogen-bond donors (Lipinski definition) is 1. The summed E-state index contributed by atoms with van der Waals surface area (Å²) in [5, 5.41) is 3.27. The third-order valence-electron chi connectivity index (χ3n) is 4.13. The predicted molar refractivity (Wildman–Crippen MR) is 116 cm³/mol. The largest absolute Gasteiger partial charge is 0.457 e. The average Bonchev–Trinajstić information content (AvgIpc) is 3.18. The summed E-state index contributed by atoms with van der Waals surface area (Å²) in [6.07, 6.45) is 5.31. The van der Waals surface area contributed by atoms with Crippen molar-refractivity contribution in [1.82, 2.24) is 14.9 Å². The van der Waals surface area contributed by atoms with Crippen LogP contribution in [-0.2, 0) is 17.9 Å². The Morgan fingerprint density at radius 2 is 2.07 bits per heavy atom. The first-order valence-electron chi connectivity index (χ1n) is 9.44. The Balaban J connectivity index is 1.69. The van der Waals surface area contributed by atoms with Gasteiger partial charge in [0.05, 0.1) is 6.61 Å². The summed E-state index contributed by atoms with van der Waals surface area (Å²) in [6, 6.07) is 13.8. The number of anilines is 2. The topological polar surface area (TPSA) is 63.4 Å². The lowest BCUT2D eigenvalue weighted by atomic mass is 10.2. The van der Waals surface area contributed by atoms with Gasteiger partial charge >= 0.3 is 0 Å². The minimum atomic E-state index is 0.398. The molecule has 1 N–H and O–H groups in total. The van der Waals surface area contributed by atoms with E-state index < -0.39 is 0 Å². The van der Waals surface area contributed by atoms with Gasteiger partial charge in [0.25, 0.3) is 0 Å². The molecule has 0 aliphatic rings. The molecule has 6 nitrogen and oxygen atoms in total. The fraction of sp³-hybridized carbons (Fsp3) is 0.217. The highest BCUT2D eigenvalue weighted by molar-refractivity contribution is 5.58. The second-order valence-corrected chi connectivity index (χ2v) is 6.65. The molecule has 0 saturated carbocycles. The molecule has 1 aromatic carbocycles. The van der Waals surface area contributed by atoms with Crippen LogP contribution in [-0.4, -0.2) is 35.1 Å². The molecule has 0 aliphatic heterocycles. The Hall–Kier alpha value is -3.22. The Morgan fingerprint density at radius 1 is 1.17 bits per heavy atom. The van der Waals surface area contributed by atoms with Crippen LogP contribution >= 0.6 is 0 Å². The van der Waals surface area contributed by atoms with Crippen molar-refractivity contribution in [2.24, 2.45) is 0 Å². The number of rotatable bonds is 11. The number of likely N-dealkylation sites (N-methyl/N-ethyl adjacent to an activating group) is 1. The van der Waals surface area contributed by atoms with Crippen molar-refractivity contribution in [2.45, 2.75) is 13.2 Å². The zero-order valence-electron chi connectivity index (χ0n) is 16.7. The quantitative estimate of drug-likeness (QED) is 0.375. The molecular formula is C23H26N4O2. The summed E-state index contributed by atoms with van der Waals surface area (Å²) in [6.45, 7) is 9.97. The highest BCUT2D eigenvalue weighted by Gasteiger charge is 2.08. The second-order valence-electron chi connectivity index (χ2n) is 6.65. The summed E-state index contributed by atoms with van der Waals surface area (Å²) in [7, 11) is 2.06. The van der Waals surface area contributed by atoms with Crippen LogP contribution in [0.5, 0.6) is 0 Å². The number of hydrogen-bond acceptors (Lipinski definition) is 6. The van der Waals surface area contributed by atoms with Crippen LogP contribution in [0.4, 0.5) is 11.6 Å². The molecule has 29 heavy (non-hydrogen) atoms. The zero-order chi connectivity index (χ0) is 20.5. The standard InChI is InChI=1S/C23H26N4O2/c1-4-13-27(3)16-18-7-6-8-19(15-18)25-23-24-12-11-21(26-23)22-10-9-20(29-22)17-28-14-5-2/h4-12,15H,1-2,13-14,16-17H2,3H3,(H,24,25,26). The summed E-state index contributed by atoms with van der Waals surface area (Å²) in [5.74, 6) is 1.93. The maximum Gasteiger partial charge on any atom is 0.227 e. The first-order chi connectivity index (χ1) is 14.2. The van der Waals surface area contributed by atoms with E-state index >= 15 is 0 Å². The van der Waals surface area contributed by atoms with E-state index in [1.165, 1.54) is 5.56 Å². The maximum atomic E-state index is 5.82. The Labute approximate surface area is 171 Å². The molecular weight excluding hydrogens is 364 g/mol. The third-order valence-corrected chi connectivity index (χ3v) is 4.13. The number of ether oxygens (including phenoxy) is 1. The molecule has 2 heterocycles. The van der Waals surface area contributed by atoms with Crippen LogP contribution in [0.2, 0.25) is 0 Å². The molecule has 0 radical (unpaired) electrons. The van der Waals surface area contributed by atoms with Crippen LogP contribution in [0.15, 0.2) is 78.4 Å². The number of nitrogens with one attached hydrogen (secondary N) is 1. The van der Waals surface area contributed by atoms with Gasteiger partial charge < -0.3 is 14.5 Å². The van der Waals surface area contributed by atoms with Gasteiger partial charge in [0.1, 0.15) is 18.1 Å². The van der Waals surface area contributed by atoms with E-state index in [1.807, 2.05) is 36.4 Å². The number of benzene rings is 1. The first-order valence-corrected chi connectivity index (χ1v) is 9.44. The SMILES string of the molecule is C=CCOCc1ccc(-c2ccnc(Nc3cccc(CN(C)CC=C)c3)n2)o1. The van der Waals surface area contributed by atoms with Gasteiger partial charge in [0, 0.05) is 25.0 Å². The first kappa shape index (κ1) is 20.5. The molecule has 0 atom stereocenters. The zero-order valence-corrected chi connectivity index (χ0v) is 16.7. The van der Waals surface area contributed by atoms with Gasteiger partial charge in [-0.1, -0.05) is 24.3 Å². The van der Waals surface area contributed by atoms with E-state index in [9.17, 15) is 0 Å². The molecule has 3 rings (SSSR count). The molecule has 6 heteroatoms. The van der Waals surface area contributed by atoms with Crippen molar-refractivity contribution >= 4 is 11.6 Å². The lowest BCUT2D eigenvalue weighted by molar-refractivity contribution is 0.132. The van der Waals surface area contributed by atoms with Gasteiger partial charge in [-0.25, -0.2) is 9.97 Å². The monoisotopic (exact) mass is 390 g/mol. The van der Waals surface area contributed by atoms with Gasteiger partial charge in [-0.3, -0.25) is 4.90 Å². The molecule has 0 bridgehead atoms. The molecule has 0 unspecified atom stereocenters. The van der Waals surface area contributed by atoms with Gasteiger partial charge in [-0.2, -0.15) is 0 Å². The van der Waals surface area contributed by atoms with E-state index in [0.29, 0.717) is 30.6 Å². The Kier molecular flexibility index (Phi) is 7.33. The van der Waals surface area contributed by atoms with E-state index in [4.69, 9.17) is 9.15 Å². The minimum absolute atomic E-state index is 0.398. The smallest absolute Gasteiger partial charge is 0.227 e. The number of nitrogens with zero attached hydrogens (tertiary/aromatic N) is 3. The van der Waals surface area contributed by atoms with Crippen LogP contribution in [0.3, 0.4) is 0 Å². The Bertz CT molecular complexity index is 951. The van der Waals surface area contributed by atoms with Crippen molar-refractivity contribution < 1.29 is 9.15 Å². The molecule has 0 fully saturated rings. The molecule has 0 saturated heterocycles. The summed E-state index contributed by atoms with van der Waals surface area (Å²) >= 11 is 0. The van der Waals surface area contributed by atoms with Gasteiger partial charge in [0.2, 0.25) is 5.95 Å². The number of aromatic nitrogens is 2. The maximum absolute atomic E-state index is 5.82. The molecule has 3 aromatic rings. The Morgan fingerprint density at radius 3 is 2.90 bits per heavy atom. The third kappa shape index (κ3) is 6.14. The molecule has 2 aromatic heterocycles. The van der Waals surface area contributed by atoms with Crippen LogP contribution in [0.1, 0.15) is 11.3 Å². The van der Waals surface area contributed by atoms with Crippen LogP contribution < -0.4 is 5.32 Å². The summed E-state index contributed by atoms with van der Waals surface area (Å²) in [5.41, 5.74) is 2.84. The van der Waals surface area contributed by atoms with Crippen molar-refractivity contribution in [1.29, 1.82) is 0 Å². The van der Waals surface area contributed by atoms with Gasteiger partial charge in [-0.15, -0.1) is 13.2 Å². The van der Waals surface area contributed by atoms with E-state index in [1.54, 1.807) is 12.3 Å². The van der Waals surface area contributed by atoms with E-state index in [0.717, 1.165) is 24.5 Å². The highest BCUT2D eigenvalue weighted by Crippen LogP contribution is 2.23. The minimum Gasteiger partial charge on any atom is -0.457 e. The van der Waals surface area contributed by atoms with Gasteiger partial charge in [-0.05, 0) is 42.9 Å². The molecule has 0 aliphatic carbocycles. The van der Waals surface area contributed by atoms with Crippen LogP contribution in [0.25, 0.3) is 11.5 Å².